The van der Waals surface area contributed by atoms with Crippen LogP contribution in [0.2, 0.25) is 0 Å². The van der Waals surface area contributed by atoms with Gasteiger partial charge in [-0.05, 0) is 38.1 Å². The van der Waals surface area contributed by atoms with Crippen LogP contribution in [0, 0.1) is 0 Å². The number of carbonyl (C=O) groups excluding carboxylic acids is 1. The number of anilines is 2. The Kier molecular flexibility index (Phi) is 4.71. The fourth-order valence-corrected chi connectivity index (χ4v) is 3.96. The summed E-state index contributed by atoms with van der Waals surface area (Å²) in [7, 11) is -3.96. The largest absolute Gasteiger partial charge is 0.453 e. The zero-order chi connectivity index (χ0) is 17.2. The highest BCUT2D eigenvalue weighted by atomic mass is 31.2. The third-order valence-electron chi connectivity index (χ3n) is 3.46. The smallest absolute Gasteiger partial charge is 0.419 e. The molecule has 0 radical (unpaired) electrons. The second-order valence-corrected chi connectivity index (χ2v) is 6.88. The minimum Gasteiger partial charge on any atom is -0.453 e. The van der Waals surface area contributed by atoms with E-state index >= 15 is 0 Å². The minimum atomic E-state index is -3.96. The van der Waals surface area contributed by atoms with Gasteiger partial charge < -0.3 is 13.8 Å². The Morgan fingerprint density at radius 2 is 1.42 bits per heavy atom. The van der Waals surface area contributed by atoms with Crippen LogP contribution in [0.1, 0.15) is 13.8 Å². The number of amides is 1. The van der Waals surface area contributed by atoms with Gasteiger partial charge in [0, 0.05) is 0 Å². The number of carbonyl (C=O) groups is 1. The van der Waals surface area contributed by atoms with E-state index in [9.17, 15) is 9.36 Å². The van der Waals surface area contributed by atoms with Crippen molar-refractivity contribution in [1.29, 1.82) is 0 Å². The van der Waals surface area contributed by atoms with Gasteiger partial charge >= 0.3 is 13.2 Å². The first-order valence-electron chi connectivity index (χ1n) is 7.70. The molecule has 0 bridgehead atoms. The Bertz CT molecular complexity index is 752. The molecule has 0 spiro atoms. The normalized spacial score (nSPS) is 13.0. The quantitative estimate of drug-likeness (QED) is 0.685. The van der Waals surface area contributed by atoms with Crippen LogP contribution in [0.5, 0.6) is 11.5 Å². The van der Waals surface area contributed by atoms with E-state index in [2.05, 4.69) is 0 Å². The predicted octanol–water partition coefficient (Wildman–Crippen LogP) is 5.32. The molecule has 0 N–H and O–H groups in total. The van der Waals surface area contributed by atoms with Gasteiger partial charge in [-0.3, -0.25) is 9.69 Å². The third-order valence-corrected chi connectivity index (χ3v) is 5.32. The molecule has 1 aliphatic rings. The van der Waals surface area contributed by atoms with Gasteiger partial charge in [0.25, 0.3) is 0 Å². The first-order chi connectivity index (χ1) is 11.6. The molecule has 1 amide bonds. The van der Waals surface area contributed by atoms with Gasteiger partial charge in [0.15, 0.2) is 11.5 Å². The maximum absolute atomic E-state index is 13.1. The number of nitrogens with zero attached hydrogens (tertiary/aromatic N) is 1. The lowest BCUT2D eigenvalue weighted by molar-refractivity contribution is 0.210. The van der Waals surface area contributed by atoms with E-state index in [0.29, 0.717) is 22.9 Å². The lowest BCUT2D eigenvalue weighted by Gasteiger charge is -2.32. The van der Waals surface area contributed by atoms with Crippen molar-refractivity contribution < 1.29 is 23.1 Å². The van der Waals surface area contributed by atoms with Crippen LogP contribution in [0.15, 0.2) is 48.5 Å². The molecule has 0 aromatic heterocycles. The summed E-state index contributed by atoms with van der Waals surface area (Å²) >= 11 is 0. The molecule has 0 fully saturated rings. The van der Waals surface area contributed by atoms with Crippen molar-refractivity contribution >= 4 is 24.6 Å². The van der Waals surface area contributed by atoms with Crippen molar-refractivity contribution in [1.82, 2.24) is 0 Å². The van der Waals surface area contributed by atoms with Crippen LogP contribution in [0.3, 0.4) is 0 Å². The molecule has 0 aliphatic carbocycles. The Labute approximate surface area is 140 Å². The van der Waals surface area contributed by atoms with Crippen LogP contribution < -0.4 is 9.64 Å². The van der Waals surface area contributed by atoms with Crippen LogP contribution in [0.4, 0.5) is 16.2 Å². The van der Waals surface area contributed by atoms with E-state index < -0.39 is 13.2 Å². The zero-order valence-electron chi connectivity index (χ0n) is 13.5. The molecule has 24 heavy (non-hydrogen) atoms. The summed E-state index contributed by atoms with van der Waals surface area (Å²) in [5.41, 5.74) is 0.274. The van der Waals surface area contributed by atoms with Crippen molar-refractivity contribution in [3.8, 4) is 11.5 Å². The monoisotopic (exact) mass is 347 g/mol. The Morgan fingerprint density at radius 1 is 0.958 bits per heavy atom. The highest BCUT2D eigenvalue weighted by Crippen LogP contribution is 2.56. The number of hydrogen-bond donors (Lipinski definition) is 0. The number of benzene rings is 2. The third kappa shape index (κ3) is 2.84. The SMILES string of the molecule is CCOP(=O)(OCC)C(=O)N1c2ccccc2Oc2ccccc21. The molecule has 2 aromatic carbocycles. The fraction of sp³-hybridized carbons (Fsp3) is 0.235. The first kappa shape index (κ1) is 16.7. The van der Waals surface area contributed by atoms with E-state index in [4.69, 9.17) is 13.8 Å². The molecule has 3 rings (SSSR count). The summed E-state index contributed by atoms with van der Waals surface area (Å²) < 4.78 is 29.2. The molecule has 0 saturated heterocycles. The van der Waals surface area contributed by atoms with Crippen molar-refractivity contribution in [2.75, 3.05) is 18.1 Å². The van der Waals surface area contributed by atoms with Gasteiger partial charge in [0.1, 0.15) is 0 Å². The van der Waals surface area contributed by atoms with Gasteiger partial charge in [0.2, 0.25) is 0 Å². The molecule has 6 nitrogen and oxygen atoms in total. The number of rotatable bonds is 5. The Balaban J connectivity index is 2.13. The number of fused-ring (bicyclic) bond motifs is 2. The fourth-order valence-electron chi connectivity index (χ4n) is 2.52. The summed E-state index contributed by atoms with van der Waals surface area (Å²) in [5.74, 6) is 1.01. The highest BCUT2D eigenvalue weighted by Gasteiger charge is 2.42. The van der Waals surface area contributed by atoms with Crippen LogP contribution in [-0.4, -0.2) is 18.9 Å². The summed E-state index contributed by atoms with van der Waals surface area (Å²) in [6.07, 6.45) is 0. The number of hydrogen-bond acceptors (Lipinski definition) is 5. The second-order valence-electron chi connectivity index (χ2n) is 4.99. The van der Waals surface area contributed by atoms with Gasteiger partial charge in [-0.1, -0.05) is 24.3 Å². The molecule has 1 heterocycles. The van der Waals surface area contributed by atoms with Gasteiger partial charge in [-0.15, -0.1) is 0 Å². The summed E-state index contributed by atoms with van der Waals surface area (Å²) in [6.45, 7) is 3.55. The second kappa shape index (κ2) is 6.77. The lowest BCUT2D eigenvalue weighted by Crippen LogP contribution is -2.28. The topological polar surface area (TPSA) is 65.1 Å². The molecule has 1 aliphatic heterocycles. The van der Waals surface area contributed by atoms with E-state index in [1.165, 1.54) is 4.90 Å². The molecule has 126 valence electrons. The van der Waals surface area contributed by atoms with E-state index in [-0.39, 0.29) is 13.2 Å². The van der Waals surface area contributed by atoms with Gasteiger partial charge in [0.05, 0.1) is 24.6 Å². The van der Waals surface area contributed by atoms with Crippen molar-refractivity contribution in [3.63, 3.8) is 0 Å². The van der Waals surface area contributed by atoms with Gasteiger partial charge in [-0.25, -0.2) is 4.57 Å². The molecular formula is C17H18NO5P. The average molecular weight is 347 g/mol. The standard InChI is InChI=1S/C17H18NO5P/c1-3-21-24(20,22-4-2)17(19)18-13-9-5-7-11-15(13)23-16-12-8-6-10-14(16)18/h5-12H,3-4H2,1-2H3. The Hall–Kier alpha value is -2.14. The Morgan fingerprint density at radius 3 is 1.88 bits per heavy atom. The summed E-state index contributed by atoms with van der Waals surface area (Å²) in [4.78, 5) is 14.4. The van der Waals surface area contributed by atoms with Crippen molar-refractivity contribution in [2.24, 2.45) is 0 Å². The molecule has 0 atom stereocenters. The average Bonchev–Trinajstić information content (AvgIpc) is 2.59. The highest BCUT2D eigenvalue weighted by molar-refractivity contribution is 7.72. The number of para-hydroxylation sites is 4. The molecule has 0 unspecified atom stereocenters. The summed E-state index contributed by atoms with van der Waals surface area (Å²) in [5, 5.41) is 0. The summed E-state index contributed by atoms with van der Waals surface area (Å²) in [6, 6.07) is 14.1. The molecular weight excluding hydrogens is 329 g/mol. The molecule has 0 saturated carbocycles. The van der Waals surface area contributed by atoms with E-state index in [1.807, 2.05) is 0 Å². The van der Waals surface area contributed by atoms with Gasteiger partial charge in [-0.2, -0.15) is 0 Å². The van der Waals surface area contributed by atoms with Crippen LogP contribution in [0.25, 0.3) is 0 Å². The van der Waals surface area contributed by atoms with Crippen LogP contribution >= 0.6 is 7.60 Å². The van der Waals surface area contributed by atoms with E-state index in [1.54, 1.807) is 62.4 Å². The van der Waals surface area contributed by atoms with Crippen molar-refractivity contribution in [2.45, 2.75) is 13.8 Å². The minimum absolute atomic E-state index is 0.108. The molecule has 2 aromatic rings. The molecule has 7 heteroatoms. The predicted molar refractivity (Wildman–Crippen MR) is 91.4 cm³/mol. The zero-order valence-corrected chi connectivity index (χ0v) is 14.4. The lowest BCUT2D eigenvalue weighted by atomic mass is 10.2. The van der Waals surface area contributed by atoms with Crippen LogP contribution in [-0.2, 0) is 13.6 Å². The van der Waals surface area contributed by atoms with E-state index in [0.717, 1.165) is 0 Å². The van der Waals surface area contributed by atoms with Crippen molar-refractivity contribution in [3.05, 3.63) is 48.5 Å². The number of ether oxygens (including phenoxy) is 1. The maximum atomic E-state index is 13.1. The first-order valence-corrected chi connectivity index (χ1v) is 9.24. The maximum Gasteiger partial charge on any atom is 0.419 e.